The fraction of sp³-hybridized carbons (Fsp3) is 0.407. The van der Waals surface area contributed by atoms with Crippen LogP contribution in [0.2, 0.25) is 0 Å². The molecular formula is C27H31N7O. The molecule has 4 aliphatic heterocycles. The monoisotopic (exact) mass is 469 g/mol. The Morgan fingerprint density at radius 2 is 1.86 bits per heavy atom. The van der Waals surface area contributed by atoms with E-state index in [1.54, 1.807) is 0 Å². The van der Waals surface area contributed by atoms with Crippen molar-refractivity contribution in [3.8, 4) is 5.75 Å². The molecule has 0 radical (unpaired) electrons. The Labute approximate surface area is 205 Å². The first-order valence-electron chi connectivity index (χ1n) is 12.1. The van der Waals surface area contributed by atoms with E-state index in [0.717, 1.165) is 91.1 Å². The average molecular weight is 470 g/mol. The number of pyridine rings is 1. The first kappa shape index (κ1) is 22.0. The quantitative estimate of drug-likeness (QED) is 0.581. The first-order valence-corrected chi connectivity index (χ1v) is 12.1. The van der Waals surface area contributed by atoms with Crippen molar-refractivity contribution in [2.45, 2.75) is 51.3 Å². The second kappa shape index (κ2) is 8.30. The lowest BCUT2D eigenvalue weighted by molar-refractivity contribution is 0.0431. The van der Waals surface area contributed by atoms with Crippen LogP contribution in [0.1, 0.15) is 55.4 Å². The number of piperidine rings is 1. The summed E-state index contributed by atoms with van der Waals surface area (Å²) in [5.74, 6) is 2.76. The zero-order valence-electron chi connectivity index (χ0n) is 19.0. The van der Waals surface area contributed by atoms with Crippen molar-refractivity contribution < 1.29 is 4.74 Å². The van der Waals surface area contributed by atoms with Crippen LogP contribution in [0.4, 0.5) is 11.5 Å². The second-order valence-electron chi connectivity index (χ2n) is 9.56. The van der Waals surface area contributed by atoms with Crippen LogP contribution in [0.3, 0.4) is 0 Å². The van der Waals surface area contributed by atoms with Crippen LogP contribution in [-0.4, -0.2) is 46.0 Å². The van der Waals surface area contributed by atoms with Crippen molar-refractivity contribution in [2.24, 2.45) is 10.7 Å². The highest BCUT2D eigenvalue weighted by atomic mass is 16.5. The zero-order chi connectivity index (χ0) is 22.7. The van der Waals surface area contributed by atoms with E-state index in [1.165, 1.54) is 0 Å². The second-order valence-corrected chi connectivity index (χ2v) is 9.56. The van der Waals surface area contributed by atoms with Gasteiger partial charge in [0.25, 0.3) is 0 Å². The number of rotatable bonds is 1. The molecule has 4 aliphatic rings. The molecule has 7 rings (SSSR count). The van der Waals surface area contributed by atoms with E-state index in [0.29, 0.717) is 6.54 Å². The van der Waals surface area contributed by atoms with Gasteiger partial charge in [-0.05, 0) is 31.0 Å². The fourth-order valence-corrected chi connectivity index (χ4v) is 5.84. The fourth-order valence-electron chi connectivity index (χ4n) is 5.84. The Bertz CT molecular complexity index is 1300. The molecule has 6 heterocycles. The molecule has 1 atom stereocenters. The van der Waals surface area contributed by atoms with Gasteiger partial charge in [-0.15, -0.1) is 0 Å². The molecule has 8 nitrogen and oxygen atoms in total. The molecule has 0 amide bonds. The maximum Gasteiger partial charge on any atom is 0.156 e. The summed E-state index contributed by atoms with van der Waals surface area (Å²) in [7, 11) is 0. The van der Waals surface area contributed by atoms with Crippen LogP contribution >= 0.6 is 0 Å². The van der Waals surface area contributed by atoms with Crippen LogP contribution in [-0.2, 0) is 13.0 Å². The largest absolute Gasteiger partial charge is 0.485 e. The van der Waals surface area contributed by atoms with Gasteiger partial charge in [0.15, 0.2) is 5.84 Å². The van der Waals surface area contributed by atoms with Crippen LogP contribution in [0.5, 0.6) is 5.75 Å². The van der Waals surface area contributed by atoms with Crippen molar-refractivity contribution >= 4 is 17.3 Å². The highest BCUT2D eigenvalue weighted by Crippen LogP contribution is 2.47. The minimum atomic E-state index is -0.323. The van der Waals surface area contributed by atoms with E-state index in [-0.39, 0.29) is 19.1 Å². The van der Waals surface area contributed by atoms with Gasteiger partial charge in [0.2, 0.25) is 0 Å². The van der Waals surface area contributed by atoms with E-state index in [2.05, 4.69) is 26.9 Å². The number of fused-ring (bicyclic) bond motifs is 3. The van der Waals surface area contributed by atoms with Gasteiger partial charge in [-0.25, -0.2) is 9.97 Å². The van der Waals surface area contributed by atoms with Crippen LogP contribution in [0.15, 0.2) is 53.8 Å². The Hall–Kier alpha value is -3.52. The molecule has 0 unspecified atom stereocenters. The van der Waals surface area contributed by atoms with Crippen molar-refractivity contribution in [2.75, 3.05) is 29.4 Å². The van der Waals surface area contributed by atoms with Gasteiger partial charge in [-0.3, -0.25) is 9.98 Å². The number of ether oxygens (including phenoxy) is 1. The Balaban J connectivity index is 0.00000229. The SMILES string of the molecule is C.N[C@@H]1c2ccccc2OC12CCN(c1cnc3c(n1)CN=C3N1CCCc3ncccc31)CC2. The number of aryl methyl sites for hydroxylation is 1. The third kappa shape index (κ3) is 3.38. The number of aromatic nitrogens is 3. The van der Waals surface area contributed by atoms with E-state index in [1.807, 2.05) is 36.7 Å². The van der Waals surface area contributed by atoms with Gasteiger partial charge in [0.05, 0.1) is 35.9 Å². The summed E-state index contributed by atoms with van der Waals surface area (Å²) in [5.41, 5.74) is 11.5. The lowest BCUT2D eigenvalue weighted by Crippen LogP contribution is -2.51. The van der Waals surface area contributed by atoms with Crippen LogP contribution in [0, 0.1) is 0 Å². The molecule has 180 valence electrons. The number of amidine groups is 1. The molecule has 1 fully saturated rings. The molecule has 0 saturated carbocycles. The number of nitrogens with two attached hydrogens (primary N) is 1. The number of nitrogens with zero attached hydrogens (tertiary/aromatic N) is 6. The van der Waals surface area contributed by atoms with Gasteiger partial charge in [-0.1, -0.05) is 25.6 Å². The summed E-state index contributed by atoms with van der Waals surface area (Å²) in [6.45, 7) is 3.18. The number of benzene rings is 1. The van der Waals surface area contributed by atoms with Crippen molar-refractivity contribution in [1.82, 2.24) is 15.0 Å². The Morgan fingerprint density at radius 3 is 2.71 bits per heavy atom. The van der Waals surface area contributed by atoms with Crippen molar-refractivity contribution in [1.29, 1.82) is 0 Å². The predicted molar refractivity (Wildman–Crippen MR) is 137 cm³/mol. The molecule has 1 spiro atoms. The molecule has 0 aliphatic carbocycles. The molecule has 35 heavy (non-hydrogen) atoms. The molecule has 1 saturated heterocycles. The third-order valence-corrected chi connectivity index (χ3v) is 7.70. The molecule has 2 aromatic heterocycles. The zero-order valence-corrected chi connectivity index (χ0v) is 19.0. The summed E-state index contributed by atoms with van der Waals surface area (Å²) >= 11 is 0. The van der Waals surface area contributed by atoms with E-state index >= 15 is 0 Å². The minimum absolute atomic E-state index is 0. The lowest BCUT2D eigenvalue weighted by Gasteiger charge is -2.41. The Morgan fingerprint density at radius 1 is 1.00 bits per heavy atom. The first-order chi connectivity index (χ1) is 16.7. The van der Waals surface area contributed by atoms with E-state index in [9.17, 15) is 0 Å². The summed E-state index contributed by atoms with van der Waals surface area (Å²) < 4.78 is 6.40. The van der Waals surface area contributed by atoms with Crippen LogP contribution in [0.25, 0.3) is 0 Å². The standard InChI is InChI=1S/C26H27N7O.CH4/c27-24-17-5-1-2-8-21(17)34-26(24)9-13-32(14-10-26)22-16-29-23-19(31-22)15-30-25(23)33-12-4-6-18-20(33)7-3-11-28-18;/h1-3,5,7-8,11,16,24H,4,6,9-10,12-15,27H2;1H4/t24-;/m1./s1. The Kier molecular flexibility index (Phi) is 5.21. The number of aliphatic imine (C=N–C) groups is 1. The summed E-state index contributed by atoms with van der Waals surface area (Å²) in [6.07, 6.45) is 7.56. The molecule has 1 aromatic carbocycles. The van der Waals surface area contributed by atoms with Gasteiger partial charge in [0, 0.05) is 44.2 Å². The maximum atomic E-state index is 6.64. The molecule has 8 heteroatoms. The number of hydrogen-bond donors (Lipinski definition) is 1. The number of para-hydroxylation sites is 1. The summed E-state index contributed by atoms with van der Waals surface area (Å²) in [6, 6.07) is 12.2. The van der Waals surface area contributed by atoms with Crippen molar-refractivity contribution in [3.05, 3.63) is 71.4 Å². The normalized spacial score (nSPS) is 21.5. The molecule has 0 bridgehead atoms. The van der Waals surface area contributed by atoms with Crippen LogP contribution < -0.4 is 20.3 Å². The van der Waals surface area contributed by atoms with Gasteiger partial charge < -0.3 is 20.3 Å². The smallest absolute Gasteiger partial charge is 0.156 e. The lowest BCUT2D eigenvalue weighted by atomic mass is 9.83. The number of hydrogen-bond acceptors (Lipinski definition) is 8. The van der Waals surface area contributed by atoms with Gasteiger partial charge >= 0.3 is 0 Å². The molecule has 3 aromatic rings. The van der Waals surface area contributed by atoms with E-state index in [4.69, 9.17) is 25.4 Å². The highest BCUT2D eigenvalue weighted by molar-refractivity contribution is 6.11. The van der Waals surface area contributed by atoms with Gasteiger partial charge in [0.1, 0.15) is 22.9 Å². The predicted octanol–water partition coefficient (Wildman–Crippen LogP) is 3.65. The topological polar surface area (TPSA) is 92.8 Å². The maximum absolute atomic E-state index is 6.64. The summed E-state index contributed by atoms with van der Waals surface area (Å²) in [4.78, 5) is 23.8. The van der Waals surface area contributed by atoms with Gasteiger partial charge in [-0.2, -0.15) is 0 Å². The number of anilines is 2. The average Bonchev–Trinajstić information content (AvgIpc) is 3.43. The van der Waals surface area contributed by atoms with Crippen molar-refractivity contribution in [3.63, 3.8) is 0 Å². The van der Waals surface area contributed by atoms with E-state index < -0.39 is 0 Å². The summed E-state index contributed by atoms with van der Waals surface area (Å²) in [5, 5.41) is 0. The minimum Gasteiger partial charge on any atom is -0.485 e. The molecule has 2 N–H and O–H groups in total. The highest BCUT2D eigenvalue weighted by Gasteiger charge is 2.48. The molecular weight excluding hydrogens is 438 g/mol. The third-order valence-electron chi connectivity index (χ3n) is 7.70.